The molecule has 1 N–H and O–H groups in total. The summed E-state index contributed by atoms with van der Waals surface area (Å²) in [7, 11) is 0. The maximum absolute atomic E-state index is 11.4. The molecule has 1 rings (SSSR count). The molecule has 6 heteroatoms. The molecule has 0 saturated carbocycles. The second-order valence-electron chi connectivity index (χ2n) is 5.47. The standard InChI is InChI=1S/C18H24O6/c1-3-12-23-16(20)11-6-4-5-8-14-9-7-10-15(18(21)22)17(14)24-13(2)19/h7,9-10H,3-6,8,11-12H2,1-2H3,(H,21,22). The molecule has 132 valence electrons. The first-order valence-electron chi connectivity index (χ1n) is 8.15. The van der Waals surface area contributed by atoms with E-state index in [2.05, 4.69) is 0 Å². The lowest BCUT2D eigenvalue weighted by molar-refractivity contribution is -0.143. The molecule has 24 heavy (non-hydrogen) atoms. The minimum absolute atomic E-state index is 0.0224. The molecule has 0 bridgehead atoms. The SMILES string of the molecule is CCCOC(=O)CCCCCc1cccc(C(=O)O)c1OC(C)=O. The van der Waals surface area contributed by atoms with Gasteiger partial charge in [-0.1, -0.05) is 25.5 Å². The van der Waals surface area contributed by atoms with Crippen molar-refractivity contribution < 1.29 is 29.0 Å². The Morgan fingerprint density at radius 2 is 1.88 bits per heavy atom. The highest BCUT2D eigenvalue weighted by Gasteiger charge is 2.17. The number of carbonyl (C=O) groups is 3. The third-order valence-corrected chi connectivity index (χ3v) is 3.37. The molecule has 0 heterocycles. The monoisotopic (exact) mass is 336 g/mol. The highest BCUT2D eigenvalue weighted by atomic mass is 16.5. The highest BCUT2D eigenvalue weighted by Crippen LogP contribution is 2.26. The zero-order chi connectivity index (χ0) is 17.9. The Balaban J connectivity index is 2.55. The first kappa shape index (κ1) is 19.7. The molecule has 0 unspecified atom stereocenters. The van der Waals surface area contributed by atoms with Crippen molar-refractivity contribution in [2.45, 2.75) is 52.4 Å². The average molecular weight is 336 g/mol. The van der Waals surface area contributed by atoms with Crippen molar-refractivity contribution in [3.05, 3.63) is 29.3 Å². The van der Waals surface area contributed by atoms with Crippen LogP contribution in [-0.2, 0) is 20.7 Å². The predicted molar refractivity (Wildman–Crippen MR) is 88.1 cm³/mol. The Kier molecular flexibility index (Phi) is 8.54. The molecular formula is C18H24O6. The summed E-state index contributed by atoms with van der Waals surface area (Å²) >= 11 is 0. The Labute approximate surface area is 141 Å². The van der Waals surface area contributed by atoms with Crippen LogP contribution in [0.4, 0.5) is 0 Å². The van der Waals surface area contributed by atoms with Crippen LogP contribution in [0.3, 0.4) is 0 Å². The highest BCUT2D eigenvalue weighted by molar-refractivity contribution is 5.92. The van der Waals surface area contributed by atoms with Crippen molar-refractivity contribution in [3.63, 3.8) is 0 Å². The van der Waals surface area contributed by atoms with Gasteiger partial charge in [0, 0.05) is 13.3 Å². The second kappa shape index (κ2) is 10.4. The lowest BCUT2D eigenvalue weighted by atomic mass is 10.0. The number of rotatable bonds is 10. The molecular weight excluding hydrogens is 312 g/mol. The number of benzene rings is 1. The number of hydrogen-bond acceptors (Lipinski definition) is 5. The molecule has 0 radical (unpaired) electrons. The Bertz CT molecular complexity index is 579. The molecule has 0 atom stereocenters. The van der Waals surface area contributed by atoms with E-state index in [-0.39, 0.29) is 17.3 Å². The summed E-state index contributed by atoms with van der Waals surface area (Å²) in [5, 5.41) is 9.20. The summed E-state index contributed by atoms with van der Waals surface area (Å²) < 4.78 is 10.1. The van der Waals surface area contributed by atoms with Gasteiger partial charge in [0.25, 0.3) is 0 Å². The van der Waals surface area contributed by atoms with Gasteiger partial charge < -0.3 is 14.6 Å². The van der Waals surface area contributed by atoms with Crippen molar-refractivity contribution in [2.75, 3.05) is 6.61 Å². The van der Waals surface area contributed by atoms with E-state index in [0.717, 1.165) is 19.3 Å². The molecule has 0 saturated heterocycles. The Morgan fingerprint density at radius 3 is 2.50 bits per heavy atom. The van der Waals surface area contributed by atoms with Crippen molar-refractivity contribution in [2.24, 2.45) is 0 Å². The van der Waals surface area contributed by atoms with E-state index in [4.69, 9.17) is 9.47 Å². The van der Waals surface area contributed by atoms with Gasteiger partial charge in [0.2, 0.25) is 0 Å². The van der Waals surface area contributed by atoms with Crippen molar-refractivity contribution in [3.8, 4) is 5.75 Å². The molecule has 0 aliphatic heterocycles. The van der Waals surface area contributed by atoms with Crippen molar-refractivity contribution in [1.29, 1.82) is 0 Å². The number of aromatic carboxylic acids is 1. The third kappa shape index (κ3) is 6.81. The molecule has 0 aromatic heterocycles. The van der Waals surface area contributed by atoms with Crippen molar-refractivity contribution in [1.82, 2.24) is 0 Å². The van der Waals surface area contributed by atoms with E-state index in [1.165, 1.54) is 13.0 Å². The van der Waals surface area contributed by atoms with Gasteiger partial charge in [-0.15, -0.1) is 0 Å². The molecule has 1 aromatic carbocycles. The van der Waals surface area contributed by atoms with E-state index in [1.807, 2.05) is 6.92 Å². The first-order valence-corrected chi connectivity index (χ1v) is 8.15. The number of para-hydroxylation sites is 1. The summed E-state index contributed by atoms with van der Waals surface area (Å²) in [6.45, 7) is 3.64. The minimum atomic E-state index is -1.13. The van der Waals surface area contributed by atoms with Gasteiger partial charge in [-0.3, -0.25) is 9.59 Å². The number of carboxylic acid groups (broad SMARTS) is 1. The van der Waals surface area contributed by atoms with Crippen LogP contribution in [0.2, 0.25) is 0 Å². The molecule has 0 spiro atoms. The number of esters is 2. The van der Waals surface area contributed by atoms with E-state index in [9.17, 15) is 19.5 Å². The van der Waals surface area contributed by atoms with Crippen LogP contribution in [0, 0.1) is 0 Å². The molecule has 0 aliphatic rings. The van der Waals surface area contributed by atoms with Gasteiger partial charge in [0.1, 0.15) is 11.3 Å². The Morgan fingerprint density at radius 1 is 1.12 bits per heavy atom. The number of unbranched alkanes of at least 4 members (excludes halogenated alkanes) is 2. The molecule has 1 aromatic rings. The summed E-state index contributed by atoms with van der Waals surface area (Å²) in [4.78, 5) is 33.8. The topological polar surface area (TPSA) is 89.9 Å². The van der Waals surface area contributed by atoms with Crippen LogP contribution in [0.5, 0.6) is 5.75 Å². The van der Waals surface area contributed by atoms with Crippen molar-refractivity contribution >= 4 is 17.9 Å². The number of aryl methyl sites for hydroxylation is 1. The lowest BCUT2D eigenvalue weighted by Gasteiger charge is -2.11. The van der Waals surface area contributed by atoms with Gasteiger partial charge in [0.15, 0.2) is 0 Å². The van der Waals surface area contributed by atoms with E-state index in [0.29, 0.717) is 31.4 Å². The molecule has 6 nitrogen and oxygen atoms in total. The molecule has 0 amide bonds. The zero-order valence-corrected chi connectivity index (χ0v) is 14.2. The van der Waals surface area contributed by atoms with Gasteiger partial charge >= 0.3 is 17.9 Å². The normalized spacial score (nSPS) is 10.2. The number of hydrogen-bond donors (Lipinski definition) is 1. The van der Waals surface area contributed by atoms with Crippen LogP contribution in [-0.4, -0.2) is 29.6 Å². The van der Waals surface area contributed by atoms with Gasteiger partial charge in [-0.25, -0.2) is 4.79 Å². The summed E-state index contributed by atoms with van der Waals surface area (Å²) in [5.74, 6) is -1.76. The predicted octanol–water partition coefficient (Wildman–Crippen LogP) is 3.37. The van der Waals surface area contributed by atoms with Crippen LogP contribution in [0.25, 0.3) is 0 Å². The molecule has 0 aliphatic carbocycles. The number of carbonyl (C=O) groups excluding carboxylic acids is 2. The summed E-state index contributed by atoms with van der Waals surface area (Å²) in [6, 6.07) is 4.79. The summed E-state index contributed by atoms with van der Waals surface area (Å²) in [5.41, 5.74) is 0.657. The number of carboxylic acids is 1. The van der Waals surface area contributed by atoms with Crippen LogP contribution < -0.4 is 4.74 Å². The van der Waals surface area contributed by atoms with Gasteiger partial charge in [0.05, 0.1) is 6.61 Å². The van der Waals surface area contributed by atoms with Crippen LogP contribution in [0.15, 0.2) is 18.2 Å². The maximum atomic E-state index is 11.4. The smallest absolute Gasteiger partial charge is 0.339 e. The zero-order valence-electron chi connectivity index (χ0n) is 14.2. The van der Waals surface area contributed by atoms with Crippen LogP contribution >= 0.6 is 0 Å². The minimum Gasteiger partial charge on any atom is -0.478 e. The largest absolute Gasteiger partial charge is 0.478 e. The Hall–Kier alpha value is -2.37. The van der Waals surface area contributed by atoms with Crippen LogP contribution in [0.1, 0.15) is 61.9 Å². The van der Waals surface area contributed by atoms with E-state index < -0.39 is 11.9 Å². The maximum Gasteiger partial charge on any atom is 0.339 e. The number of ether oxygens (including phenoxy) is 2. The fourth-order valence-electron chi connectivity index (χ4n) is 2.26. The van der Waals surface area contributed by atoms with Gasteiger partial charge in [-0.2, -0.15) is 0 Å². The fourth-order valence-corrected chi connectivity index (χ4v) is 2.26. The fraction of sp³-hybridized carbons (Fsp3) is 0.500. The lowest BCUT2D eigenvalue weighted by Crippen LogP contribution is -2.10. The summed E-state index contributed by atoms with van der Waals surface area (Å²) in [6.07, 6.45) is 4.05. The second-order valence-corrected chi connectivity index (χ2v) is 5.47. The van der Waals surface area contributed by atoms with E-state index in [1.54, 1.807) is 12.1 Å². The molecule has 0 fully saturated rings. The van der Waals surface area contributed by atoms with E-state index >= 15 is 0 Å². The quantitative estimate of drug-likeness (QED) is 0.400. The first-order chi connectivity index (χ1) is 11.5. The van der Waals surface area contributed by atoms with Gasteiger partial charge in [-0.05, 0) is 37.3 Å². The third-order valence-electron chi connectivity index (χ3n) is 3.37. The average Bonchev–Trinajstić information content (AvgIpc) is 2.53.